The van der Waals surface area contributed by atoms with Gasteiger partial charge in [0.2, 0.25) is 0 Å². The van der Waals surface area contributed by atoms with Crippen LogP contribution >= 0.6 is 0 Å². The quantitative estimate of drug-likeness (QED) is 0.483. The fraction of sp³-hybridized carbons (Fsp3) is 0.417. The van der Waals surface area contributed by atoms with Crippen LogP contribution in [0.2, 0.25) is 0 Å². The number of ether oxygens (including phenoxy) is 2. The van der Waals surface area contributed by atoms with Gasteiger partial charge in [0.15, 0.2) is 0 Å². The minimum atomic E-state index is 0.200. The molecule has 0 spiro atoms. The van der Waals surface area contributed by atoms with Crippen LogP contribution in [0, 0.1) is 0 Å². The summed E-state index contributed by atoms with van der Waals surface area (Å²) in [7, 11) is 0. The van der Waals surface area contributed by atoms with Crippen molar-refractivity contribution in [1.82, 2.24) is 0 Å². The first kappa shape index (κ1) is 10.8. The molecule has 1 aromatic carbocycles. The van der Waals surface area contributed by atoms with Gasteiger partial charge in [-0.15, -0.1) is 0 Å². The predicted octanol–water partition coefficient (Wildman–Crippen LogP) is 2.22. The first-order valence-electron chi connectivity index (χ1n) is 5.38. The maximum absolute atomic E-state index is 8.59. The molecule has 1 aliphatic rings. The van der Waals surface area contributed by atoms with E-state index in [1.165, 1.54) is 6.21 Å². The van der Waals surface area contributed by atoms with Crippen LogP contribution in [0.15, 0.2) is 17.3 Å². The number of nitrogens with zero attached hydrogens (tertiary/aromatic N) is 1. The first-order valence-corrected chi connectivity index (χ1v) is 5.38. The molecule has 1 aliphatic heterocycles. The highest BCUT2D eigenvalue weighted by Crippen LogP contribution is 2.34. The predicted molar refractivity (Wildman–Crippen MR) is 60.8 cm³/mol. The van der Waals surface area contributed by atoms with Gasteiger partial charge in [-0.2, -0.15) is 0 Å². The van der Waals surface area contributed by atoms with Crippen molar-refractivity contribution in [2.45, 2.75) is 26.4 Å². The zero-order chi connectivity index (χ0) is 11.5. The Balaban J connectivity index is 2.40. The molecule has 0 radical (unpaired) electrons. The van der Waals surface area contributed by atoms with Crippen molar-refractivity contribution >= 4 is 6.21 Å². The van der Waals surface area contributed by atoms with Crippen LogP contribution in [-0.2, 0) is 6.42 Å². The number of hydrogen-bond acceptors (Lipinski definition) is 4. The minimum Gasteiger partial charge on any atom is -0.493 e. The summed E-state index contributed by atoms with van der Waals surface area (Å²) in [6.45, 7) is 4.54. The highest BCUT2D eigenvalue weighted by molar-refractivity contribution is 5.84. The van der Waals surface area contributed by atoms with Gasteiger partial charge >= 0.3 is 0 Å². The lowest BCUT2D eigenvalue weighted by Crippen LogP contribution is -2.05. The number of benzene rings is 1. The zero-order valence-electron chi connectivity index (χ0n) is 9.43. The zero-order valence-corrected chi connectivity index (χ0v) is 9.43. The molecule has 16 heavy (non-hydrogen) atoms. The van der Waals surface area contributed by atoms with E-state index in [1.807, 2.05) is 26.0 Å². The molecule has 0 saturated heterocycles. The second-order valence-corrected chi connectivity index (χ2v) is 3.81. The Morgan fingerprint density at radius 1 is 1.62 bits per heavy atom. The SMILES string of the molecule is CCOc1cc2c(cc1/C=N\O)O[C@@H](C)C2. The van der Waals surface area contributed by atoms with E-state index in [1.54, 1.807) is 0 Å². The number of oxime groups is 1. The van der Waals surface area contributed by atoms with Gasteiger partial charge in [-0.05, 0) is 26.0 Å². The Morgan fingerprint density at radius 3 is 3.12 bits per heavy atom. The van der Waals surface area contributed by atoms with Crippen LogP contribution in [0.5, 0.6) is 11.5 Å². The topological polar surface area (TPSA) is 51.0 Å². The fourth-order valence-electron chi connectivity index (χ4n) is 1.90. The van der Waals surface area contributed by atoms with Gasteiger partial charge in [0.05, 0.1) is 12.8 Å². The number of rotatable bonds is 3. The molecule has 1 heterocycles. The van der Waals surface area contributed by atoms with Crippen LogP contribution in [0.25, 0.3) is 0 Å². The van der Waals surface area contributed by atoms with Crippen LogP contribution < -0.4 is 9.47 Å². The van der Waals surface area contributed by atoms with Crippen LogP contribution in [0.1, 0.15) is 25.0 Å². The van der Waals surface area contributed by atoms with Gasteiger partial charge in [-0.25, -0.2) is 0 Å². The largest absolute Gasteiger partial charge is 0.493 e. The molecule has 0 bridgehead atoms. The molecule has 0 fully saturated rings. The van der Waals surface area contributed by atoms with E-state index in [4.69, 9.17) is 14.7 Å². The lowest BCUT2D eigenvalue weighted by Gasteiger charge is -2.09. The maximum Gasteiger partial charge on any atom is 0.128 e. The molecule has 86 valence electrons. The van der Waals surface area contributed by atoms with Gasteiger partial charge in [0, 0.05) is 17.5 Å². The third kappa shape index (κ3) is 1.96. The Morgan fingerprint density at radius 2 is 2.44 bits per heavy atom. The molecule has 0 unspecified atom stereocenters. The van der Waals surface area contributed by atoms with E-state index in [9.17, 15) is 0 Å². The average molecular weight is 221 g/mol. The van der Waals surface area contributed by atoms with Crippen LogP contribution in [0.3, 0.4) is 0 Å². The second-order valence-electron chi connectivity index (χ2n) is 3.81. The van der Waals surface area contributed by atoms with Crippen molar-refractivity contribution in [3.05, 3.63) is 23.3 Å². The second kappa shape index (κ2) is 4.43. The average Bonchev–Trinajstić information content (AvgIpc) is 2.58. The first-order chi connectivity index (χ1) is 7.74. The normalized spacial score (nSPS) is 18.5. The highest BCUT2D eigenvalue weighted by Gasteiger charge is 2.21. The summed E-state index contributed by atoms with van der Waals surface area (Å²) in [4.78, 5) is 0. The third-order valence-corrected chi connectivity index (χ3v) is 2.53. The smallest absolute Gasteiger partial charge is 0.128 e. The molecule has 0 aromatic heterocycles. The standard InChI is InChI=1S/C12H15NO3/c1-3-15-11-5-9-4-8(2)16-12(9)6-10(11)7-13-14/h5-8,14H,3-4H2,1-2H3/b13-7-/t8-/m0/s1. The van der Waals surface area contributed by atoms with E-state index in [0.29, 0.717) is 6.61 Å². The van der Waals surface area contributed by atoms with Crippen molar-refractivity contribution in [3.8, 4) is 11.5 Å². The highest BCUT2D eigenvalue weighted by atomic mass is 16.5. The molecular formula is C12H15NO3. The number of hydrogen-bond donors (Lipinski definition) is 1. The molecule has 4 nitrogen and oxygen atoms in total. The summed E-state index contributed by atoms with van der Waals surface area (Å²) in [6.07, 6.45) is 2.45. The van der Waals surface area contributed by atoms with Crippen molar-refractivity contribution in [2.24, 2.45) is 5.16 Å². The molecule has 1 atom stereocenters. The molecule has 2 rings (SSSR count). The Hall–Kier alpha value is -1.71. The van der Waals surface area contributed by atoms with E-state index in [2.05, 4.69) is 5.16 Å². The summed E-state index contributed by atoms with van der Waals surface area (Å²) in [5.74, 6) is 1.59. The van der Waals surface area contributed by atoms with Crippen molar-refractivity contribution in [3.63, 3.8) is 0 Å². The van der Waals surface area contributed by atoms with E-state index >= 15 is 0 Å². The Kier molecular flexibility index (Phi) is 2.99. The van der Waals surface area contributed by atoms with Gasteiger partial charge < -0.3 is 14.7 Å². The van der Waals surface area contributed by atoms with Crippen LogP contribution in [0.4, 0.5) is 0 Å². The van der Waals surface area contributed by atoms with Crippen molar-refractivity contribution in [1.29, 1.82) is 0 Å². The summed E-state index contributed by atoms with van der Waals surface area (Å²) in [6, 6.07) is 3.81. The Labute approximate surface area is 94.5 Å². The minimum absolute atomic E-state index is 0.200. The molecule has 0 aliphatic carbocycles. The van der Waals surface area contributed by atoms with Gasteiger partial charge in [0.25, 0.3) is 0 Å². The molecule has 0 saturated carbocycles. The summed E-state index contributed by atoms with van der Waals surface area (Å²) >= 11 is 0. The monoisotopic (exact) mass is 221 g/mol. The van der Waals surface area contributed by atoms with Crippen molar-refractivity contribution < 1.29 is 14.7 Å². The molecule has 1 N–H and O–H groups in total. The van der Waals surface area contributed by atoms with E-state index in [0.717, 1.165) is 29.0 Å². The summed E-state index contributed by atoms with van der Waals surface area (Å²) in [5.41, 5.74) is 1.88. The lowest BCUT2D eigenvalue weighted by molar-refractivity contribution is 0.254. The molecule has 4 heteroatoms. The van der Waals surface area contributed by atoms with E-state index in [-0.39, 0.29) is 6.10 Å². The molecule has 1 aromatic rings. The molecule has 0 amide bonds. The fourth-order valence-corrected chi connectivity index (χ4v) is 1.90. The van der Waals surface area contributed by atoms with Crippen LogP contribution in [-0.4, -0.2) is 24.1 Å². The third-order valence-electron chi connectivity index (χ3n) is 2.53. The van der Waals surface area contributed by atoms with Crippen molar-refractivity contribution in [2.75, 3.05) is 6.61 Å². The summed E-state index contributed by atoms with van der Waals surface area (Å²) in [5, 5.41) is 11.6. The Bertz CT molecular complexity index is 415. The molecular weight excluding hydrogens is 206 g/mol. The lowest BCUT2D eigenvalue weighted by atomic mass is 10.1. The number of fused-ring (bicyclic) bond motifs is 1. The van der Waals surface area contributed by atoms with Gasteiger partial charge in [-0.1, -0.05) is 5.16 Å². The van der Waals surface area contributed by atoms with E-state index < -0.39 is 0 Å². The summed E-state index contributed by atoms with van der Waals surface area (Å²) < 4.78 is 11.1. The van der Waals surface area contributed by atoms with Gasteiger partial charge in [0.1, 0.15) is 17.6 Å². The maximum atomic E-state index is 8.59. The van der Waals surface area contributed by atoms with Gasteiger partial charge in [-0.3, -0.25) is 0 Å².